The fourth-order valence-corrected chi connectivity index (χ4v) is 0. The zero-order chi connectivity index (χ0) is 4.28. The van der Waals surface area contributed by atoms with Crippen molar-refractivity contribution in [2.75, 3.05) is 7.11 Å². The molecule has 0 aromatic rings. The molecule has 0 radical (unpaired) electrons. The topological polar surface area (TPSA) is 26.3 Å². The van der Waals surface area contributed by atoms with Crippen molar-refractivity contribution in [2.45, 2.75) is 0 Å². The maximum absolute atomic E-state index is 9.48. The number of hydrogen-bond donors (Lipinski definition) is 0. The van der Waals surface area contributed by atoms with Crippen LogP contribution in [0.25, 0.3) is 0 Å². The van der Waals surface area contributed by atoms with Crippen LogP contribution in [0.15, 0.2) is 0 Å². The number of methoxy groups -OCH3 is 1. The number of halogens is 1. The number of carbonyl (C=O) groups excluding carboxylic acids is 1. The van der Waals surface area contributed by atoms with E-state index in [0.29, 0.717) is 0 Å². The van der Waals surface area contributed by atoms with E-state index in [0.717, 1.165) is 0 Å². The van der Waals surface area contributed by atoms with Crippen molar-refractivity contribution < 1.29 is 26.5 Å². The van der Waals surface area contributed by atoms with Gasteiger partial charge in [0.05, 0.1) is 7.11 Å². The van der Waals surface area contributed by atoms with Crippen molar-refractivity contribution in [1.82, 2.24) is 0 Å². The second kappa shape index (κ2) is 9.77. The second-order valence-electron chi connectivity index (χ2n) is 0.576. The molecule has 0 bridgehead atoms. The molecule has 0 rings (SSSR count). The summed E-state index contributed by atoms with van der Waals surface area (Å²) >= 11 is 0. The van der Waals surface area contributed by atoms with Crippen LogP contribution in [0.1, 0.15) is 0 Å². The molecular weight excluding hydrogens is 172 g/mol. The van der Waals surface area contributed by atoms with Crippen molar-refractivity contribution in [2.24, 2.45) is 0 Å². The molecule has 0 aliphatic rings. The number of hydrogen-bond acceptors (Lipinski definition) is 2. The molecule has 0 fully saturated rings. The van der Waals surface area contributed by atoms with Crippen molar-refractivity contribution >= 4 is 29.0 Å². The first kappa shape index (κ1) is 15.6. The summed E-state index contributed by atoms with van der Waals surface area (Å²) in [5.74, 6) is -0.495. The number of ether oxygens (including phenoxy) is 1. The van der Waals surface area contributed by atoms with Gasteiger partial charge in [-0.05, 0) is 0 Å². The van der Waals surface area contributed by atoms with Crippen molar-refractivity contribution in [1.29, 1.82) is 0 Å². The molecular formula is C3H5BrMgO2. The van der Waals surface area contributed by atoms with Crippen LogP contribution in [0.3, 0.4) is 0 Å². The van der Waals surface area contributed by atoms with Crippen LogP contribution >= 0.6 is 0 Å². The Morgan fingerprint density at radius 3 is 1.86 bits per heavy atom. The van der Waals surface area contributed by atoms with E-state index in [1.807, 2.05) is 0 Å². The Morgan fingerprint density at radius 1 is 1.71 bits per heavy atom. The first-order valence-corrected chi connectivity index (χ1v) is 1.17. The Balaban J connectivity index is -0.0000000800. The average Bonchev–Trinajstić information content (AvgIpc) is 1.38. The molecule has 0 atom stereocenters. The maximum Gasteiger partial charge on any atom is 2.00 e. The number of esters is 1. The standard InChI is InChI=1S/C3H5O2.BrH.Mg/c1-3(4)5-2;;/h1H2,2H3;1H;/q-1;;+2/p-1. The molecule has 4 heteroatoms. The summed E-state index contributed by atoms with van der Waals surface area (Å²) in [4.78, 5) is 9.48. The molecule has 0 aromatic heterocycles. The van der Waals surface area contributed by atoms with E-state index >= 15 is 0 Å². The third kappa shape index (κ3) is 20.7. The molecule has 0 saturated heterocycles. The molecule has 2 nitrogen and oxygen atoms in total. The zero-order valence-corrected chi connectivity index (χ0v) is 7.11. The quantitative estimate of drug-likeness (QED) is 0.219. The van der Waals surface area contributed by atoms with Gasteiger partial charge >= 0.3 is 23.1 Å². The van der Waals surface area contributed by atoms with Gasteiger partial charge in [0.25, 0.3) is 0 Å². The third-order valence-corrected chi connectivity index (χ3v) is 0.228. The summed E-state index contributed by atoms with van der Waals surface area (Å²) in [5, 5.41) is 0. The van der Waals surface area contributed by atoms with E-state index < -0.39 is 5.97 Å². The minimum Gasteiger partial charge on any atom is -1.00 e. The molecule has 0 saturated carbocycles. The minimum absolute atomic E-state index is 0. The molecule has 0 aliphatic heterocycles. The molecule has 0 N–H and O–H groups in total. The van der Waals surface area contributed by atoms with Crippen LogP contribution in [-0.2, 0) is 9.53 Å². The molecule has 0 aromatic carbocycles. The molecule has 0 aliphatic carbocycles. The Hall–Kier alpha value is 0.586. The van der Waals surface area contributed by atoms with Crippen molar-refractivity contribution in [3.63, 3.8) is 0 Å². The van der Waals surface area contributed by atoms with Crippen molar-refractivity contribution in [3.05, 3.63) is 6.92 Å². The third-order valence-electron chi connectivity index (χ3n) is 0.228. The molecule has 0 spiro atoms. The summed E-state index contributed by atoms with van der Waals surface area (Å²) in [6, 6.07) is 0. The monoisotopic (exact) mass is 176 g/mol. The van der Waals surface area contributed by atoms with Gasteiger partial charge in [0.1, 0.15) is 0 Å². The van der Waals surface area contributed by atoms with E-state index in [9.17, 15) is 4.79 Å². The maximum atomic E-state index is 9.48. The van der Waals surface area contributed by atoms with Gasteiger partial charge in [-0.2, -0.15) is 0 Å². The summed E-state index contributed by atoms with van der Waals surface area (Å²) in [6.45, 7) is 2.90. The van der Waals surface area contributed by atoms with E-state index in [1.54, 1.807) is 0 Å². The Kier molecular flexibility index (Phi) is 21.8. The first-order valence-electron chi connectivity index (χ1n) is 1.17. The van der Waals surface area contributed by atoms with Gasteiger partial charge in [-0.1, -0.05) is 0 Å². The van der Waals surface area contributed by atoms with Crippen LogP contribution in [0.2, 0.25) is 0 Å². The van der Waals surface area contributed by atoms with Crippen LogP contribution < -0.4 is 17.0 Å². The molecule has 7 heavy (non-hydrogen) atoms. The van der Waals surface area contributed by atoms with Crippen LogP contribution in [0, 0.1) is 6.92 Å². The van der Waals surface area contributed by atoms with Gasteiger partial charge in [-0.25, -0.2) is 0 Å². The van der Waals surface area contributed by atoms with Crippen LogP contribution in [0.4, 0.5) is 0 Å². The predicted molar refractivity (Wildman–Crippen MR) is 23.1 cm³/mol. The predicted octanol–water partition coefficient (Wildman–Crippen LogP) is -3.38. The minimum atomic E-state index is -0.495. The fourth-order valence-electron chi connectivity index (χ4n) is 0. The second-order valence-corrected chi connectivity index (χ2v) is 0.576. The van der Waals surface area contributed by atoms with Gasteiger partial charge in [0.2, 0.25) is 0 Å². The van der Waals surface area contributed by atoms with Gasteiger partial charge in [0.15, 0.2) is 5.97 Å². The summed E-state index contributed by atoms with van der Waals surface area (Å²) in [5.41, 5.74) is 0. The van der Waals surface area contributed by atoms with Crippen LogP contribution in [-0.4, -0.2) is 36.1 Å². The zero-order valence-electron chi connectivity index (χ0n) is 4.11. The fraction of sp³-hybridized carbons (Fsp3) is 0.333. The smallest absolute Gasteiger partial charge is 1.00 e. The summed E-state index contributed by atoms with van der Waals surface area (Å²) in [7, 11) is 1.29. The molecule has 38 valence electrons. The summed E-state index contributed by atoms with van der Waals surface area (Å²) in [6.07, 6.45) is 0. The van der Waals surface area contributed by atoms with E-state index in [2.05, 4.69) is 11.7 Å². The largest absolute Gasteiger partial charge is 2.00 e. The van der Waals surface area contributed by atoms with E-state index in [4.69, 9.17) is 0 Å². The summed E-state index contributed by atoms with van der Waals surface area (Å²) < 4.78 is 4.00. The Bertz CT molecular complexity index is 48.2. The average molecular weight is 177 g/mol. The van der Waals surface area contributed by atoms with E-state index in [-0.39, 0.29) is 40.0 Å². The molecule has 0 amide bonds. The van der Waals surface area contributed by atoms with Gasteiger partial charge in [-0.3, -0.25) is 11.7 Å². The normalized spacial score (nSPS) is 4.71. The van der Waals surface area contributed by atoms with Gasteiger partial charge < -0.3 is 21.7 Å². The van der Waals surface area contributed by atoms with Gasteiger partial charge in [0, 0.05) is 0 Å². The number of rotatable bonds is 0. The van der Waals surface area contributed by atoms with E-state index in [1.165, 1.54) is 7.11 Å². The Labute approximate surface area is 69.5 Å². The van der Waals surface area contributed by atoms with Crippen LogP contribution in [0.5, 0.6) is 0 Å². The SMILES string of the molecule is [Br-].[CH2-]C(=O)OC.[Mg+2]. The number of carbonyl (C=O) groups is 1. The first-order chi connectivity index (χ1) is 2.27. The van der Waals surface area contributed by atoms with Crippen molar-refractivity contribution in [3.8, 4) is 0 Å². The Morgan fingerprint density at radius 2 is 1.86 bits per heavy atom. The molecule has 0 unspecified atom stereocenters. The van der Waals surface area contributed by atoms with Gasteiger partial charge in [-0.15, -0.1) is 0 Å². The molecule has 0 heterocycles.